The van der Waals surface area contributed by atoms with Gasteiger partial charge in [-0.2, -0.15) is 13.2 Å². The number of aliphatic carboxylic acids is 1. The first-order chi connectivity index (χ1) is 7.74. The Morgan fingerprint density at radius 1 is 1.35 bits per heavy atom. The van der Waals surface area contributed by atoms with Gasteiger partial charge >= 0.3 is 18.1 Å². The predicted octanol–water partition coefficient (Wildman–Crippen LogP) is 1.26. The van der Waals surface area contributed by atoms with Crippen LogP contribution in [0, 0.1) is 11.3 Å². The Hall–Kier alpha value is -1.27. The number of carboxylic acid groups (broad SMARTS) is 1. The highest BCUT2D eigenvalue weighted by Crippen LogP contribution is 2.57. The summed E-state index contributed by atoms with van der Waals surface area (Å²) in [6, 6.07) is 0. The van der Waals surface area contributed by atoms with Crippen molar-refractivity contribution in [2.45, 2.75) is 25.4 Å². The number of rotatable bonds is 2. The molecule has 0 aromatic carbocycles. The Bertz CT molecular complexity index is 362. The zero-order chi connectivity index (χ0) is 12.8. The quantitative estimate of drug-likeness (QED) is 0.803. The van der Waals surface area contributed by atoms with Crippen molar-refractivity contribution in [3.63, 3.8) is 0 Å². The second kappa shape index (κ2) is 3.61. The Morgan fingerprint density at radius 3 is 2.35 bits per heavy atom. The maximum atomic E-state index is 12.3. The molecule has 1 atom stereocenters. The van der Waals surface area contributed by atoms with Gasteiger partial charge in [-0.05, 0) is 24.2 Å². The van der Waals surface area contributed by atoms with E-state index in [1.165, 1.54) is 0 Å². The van der Waals surface area contributed by atoms with Crippen molar-refractivity contribution >= 4 is 11.9 Å². The van der Waals surface area contributed by atoms with Gasteiger partial charge in [0.25, 0.3) is 0 Å². The zero-order valence-electron chi connectivity index (χ0n) is 8.96. The van der Waals surface area contributed by atoms with Crippen LogP contribution in [0.3, 0.4) is 0 Å². The number of carbonyl (C=O) groups excluding carboxylic acids is 1. The molecule has 1 saturated heterocycles. The summed E-state index contributed by atoms with van der Waals surface area (Å²) in [5.74, 6) is -3.22. The van der Waals surface area contributed by atoms with E-state index in [9.17, 15) is 22.8 Å². The minimum Gasteiger partial charge on any atom is -0.481 e. The van der Waals surface area contributed by atoms with Crippen LogP contribution in [0.2, 0.25) is 0 Å². The van der Waals surface area contributed by atoms with Crippen LogP contribution in [0.4, 0.5) is 13.2 Å². The van der Waals surface area contributed by atoms with Crippen molar-refractivity contribution in [2.75, 3.05) is 13.1 Å². The van der Waals surface area contributed by atoms with Gasteiger partial charge in [0.15, 0.2) is 0 Å². The smallest absolute Gasteiger partial charge is 0.471 e. The van der Waals surface area contributed by atoms with Crippen molar-refractivity contribution < 1.29 is 27.9 Å². The van der Waals surface area contributed by atoms with E-state index in [0.717, 1.165) is 4.90 Å². The Labute approximate surface area is 95.4 Å². The molecule has 96 valence electrons. The summed E-state index contributed by atoms with van der Waals surface area (Å²) >= 11 is 0. The van der Waals surface area contributed by atoms with Gasteiger partial charge in [-0.25, -0.2) is 0 Å². The number of nitrogens with zero attached hydrogens (tertiary/aromatic N) is 1. The molecule has 0 aromatic heterocycles. The van der Waals surface area contributed by atoms with Gasteiger partial charge < -0.3 is 10.0 Å². The second-order valence-electron chi connectivity index (χ2n) is 4.84. The van der Waals surface area contributed by atoms with Gasteiger partial charge in [0.05, 0.1) is 6.42 Å². The van der Waals surface area contributed by atoms with Gasteiger partial charge in [-0.1, -0.05) is 0 Å². The fourth-order valence-electron chi connectivity index (χ4n) is 2.59. The SMILES string of the molecule is O=C(O)CC1CN(C(=O)C(F)(F)F)CC12CC2. The first-order valence-corrected chi connectivity index (χ1v) is 5.32. The first-order valence-electron chi connectivity index (χ1n) is 5.32. The van der Waals surface area contributed by atoms with Gasteiger partial charge in [0.1, 0.15) is 0 Å². The van der Waals surface area contributed by atoms with Gasteiger partial charge in [0, 0.05) is 13.1 Å². The van der Waals surface area contributed by atoms with Gasteiger partial charge in [-0.15, -0.1) is 0 Å². The molecule has 1 saturated carbocycles. The molecule has 2 fully saturated rings. The van der Waals surface area contributed by atoms with E-state index in [1.807, 2.05) is 0 Å². The molecular formula is C10H12F3NO3. The largest absolute Gasteiger partial charge is 0.481 e. The summed E-state index contributed by atoms with van der Waals surface area (Å²) in [7, 11) is 0. The maximum absolute atomic E-state index is 12.3. The van der Waals surface area contributed by atoms with Crippen LogP contribution in [0.15, 0.2) is 0 Å². The van der Waals surface area contributed by atoms with Crippen LogP contribution in [0.5, 0.6) is 0 Å². The number of halogens is 3. The van der Waals surface area contributed by atoms with E-state index in [1.54, 1.807) is 0 Å². The van der Waals surface area contributed by atoms with Crippen LogP contribution in [0.25, 0.3) is 0 Å². The third-order valence-electron chi connectivity index (χ3n) is 3.66. The van der Waals surface area contributed by atoms with Crippen LogP contribution in [-0.4, -0.2) is 41.1 Å². The lowest BCUT2D eigenvalue weighted by Gasteiger charge is -2.17. The molecule has 7 heteroatoms. The monoisotopic (exact) mass is 251 g/mol. The van der Waals surface area contributed by atoms with E-state index in [4.69, 9.17) is 5.11 Å². The zero-order valence-corrected chi connectivity index (χ0v) is 8.96. The molecule has 1 aliphatic heterocycles. The van der Waals surface area contributed by atoms with Gasteiger partial charge in [-0.3, -0.25) is 9.59 Å². The molecule has 1 unspecified atom stereocenters. The Kier molecular flexibility index (Phi) is 2.59. The molecule has 1 N–H and O–H groups in total. The Morgan fingerprint density at radius 2 is 1.94 bits per heavy atom. The van der Waals surface area contributed by atoms with Gasteiger partial charge in [0.2, 0.25) is 0 Å². The third kappa shape index (κ3) is 2.23. The minimum absolute atomic E-state index is 0.0449. The van der Waals surface area contributed by atoms with Crippen LogP contribution < -0.4 is 0 Å². The van der Waals surface area contributed by atoms with E-state index < -0.39 is 18.1 Å². The summed E-state index contributed by atoms with van der Waals surface area (Å²) in [4.78, 5) is 22.4. The number of hydrogen-bond donors (Lipinski definition) is 1. The van der Waals surface area contributed by atoms with E-state index in [2.05, 4.69) is 0 Å². The number of alkyl halides is 3. The third-order valence-corrected chi connectivity index (χ3v) is 3.66. The highest BCUT2D eigenvalue weighted by molar-refractivity contribution is 5.82. The highest BCUT2D eigenvalue weighted by atomic mass is 19.4. The Balaban J connectivity index is 2.06. The van der Waals surface area contributed by atoms with Crippen molar-refractivity contribution in [1.29, 1.82) is 0 Å². The number of carboxylic acids is 1. The first kappa shape index (κ1) is 12.2. The average Bonchev–Trinajstić information content (AvgIpc) is 2.84. The molecular weight excluding hydrogens is 239 g/mol. The summed E-state index contributed by atoms with van der Waals surface area (Å²) in [5.41, 5.74) is -0.362. The fourth-order valence-corrected chi connectivity index (χ4v) is 2.59. The van der Waals surface area contributed by atoms with Crippen LogP contribution in [0.1, 0.15) is 19.3 Å². The molecule has 1 amide bonds. The lowest BCUT2D eigenvalue weighted by Crippen LogP contribution is -2.40. The van der Waals surface area contributed by atoms with E-state index in [-0.39, 0.29) is 30.8 Å². The fraction of sp³-hybridized carbons (Fsp3) is 0.800. The highest BCUT2D eigenvalue weighted by Gasteiger charge is 2.58. The van der Waals surface area contributed by atoms with Crippen molar-refractivity contribution in [3.05, 3.63) is 0 Å². The number of hydrogen-bond acceptors (Lipinski definition) is 2. The molecule has 1 heterocycles. The minimum atomic E-state index is -4.87. The molecule has 4 nitrogen and oxygen atoms in total. The van der Waals surface area contributed by atoms with Crippen molar-refractivity contribution in [3.8, 4) is 0 Å². The number of carbonyl (C=O) groups is 2. The van der Waals surface area contributed by atoms with E-state index >= 15 is 0 Å². The van der Waals surface area contributed by atoms with Crippen molar-refractivity contribution in [2.24, 2.45) is 11.3 Å². The number of amides is 1. The summed E-state index contributed by atoms with van der Waals surface area (Å²) in [6.07, 6.45) is -3.60. The topological polar surface area (TPSA) is 57.6 Å². The summed E-state index contributed by atoms with van der Waals surface area (Å²) in [5, 5.41) is 8.69. The van der Waals surface area contributed by atoms with Crippen LogP contribution in [-0.2, 0) is 9.59 Å². The maximum Gasteiger partial charge on any atom is 0.471 e. The molecule has 2 rings (SSSR count). The molecule has 1 aliphatic carbocycles. The summed E-state index contributed by atoms with van der Waals surface area (Å²) < 4.78 is 36.8. The van der Waals surface area contributed by atoms with E-state index in [0.29, 0.717) is 12.8 Å². The lowest BCUT2D eigenvalue weighted by molar-refractivity contribution is -0.184. The molecule has 17 heavy (non-hydrogen) atoms. The second-order valence-corrected chi connectivity index (χ2v) is 4.84. The lowest BCUT2D eigenvalue weighted by atomic mass is 9.90. The standard InChI is InChI=1S/C10H12F3NO3/c11-10(12,13)8(17)14-4-6(3-7(15)16)9(5-14)1-2-9/h6H,1-5H2,(H,15,16). The number of likely N-dealkylation sites (tertiary alicyclic amines) is 1. The summed E-state index contributed by atoms with van der Waals surface area (Å²) in [6.45, 7) is -0.0477. The normalized spacial score (nSPS) is 26.3. The molecule has 0 radical (unpaired) electrons. The van der Waals surface area contributed by atoms with Crippen molar-refractivity contribution in [1.82, 2.24) is 4.90 Å². The molecule has 0 aromatic rings. The molecule has 2 aliphatic rings. The average molecular weight is 251 g/mol. The predicted molar refractivity (Wildman–Crippen MR) is 50.0 cm³/mol. The molecule has 1 spiro atoms. The molecule has 0 bridgehead atoms. The van der Waals surface area contributed by atoms with Crippen LogP contribution >= 0.6 is 0 Å².